The van der Waals surface area contributed by atoms with Gasteiger partial charge in [0.15, 0.2) is 0 Å². The van der Waals surface area contributed by atoms with Crippen LogP contribution in [0.25, 0.3) is 0 Å². The second kappa shape index (κ2) is 40.9. The van der Waals surface area contributed by atoms with E-state index in [9.17, 15) is 31.2 Å². The molecule has 0 radical (unpaired) electrons. The molecule has 0 aromatic carbocycles. The Hall–Kier alpha value is -2.01. The van der Waals surface area contributed by atoms with Gasteiger partial charge < -0.3 is 30.1 Å². The molecule has 8 fully saturated rings. The van der Waals surface area contributed by atoms with Crippen molar-refractivity contribution in [2.75, 3.05) is 157 Å². The Kier molecular flexibility index (Phi) is 39.2. The number of carbonyl (C=O) groups excluding carboxylic acids is 3. The molecule has 3 amide bonds. The summed E-state index contributed by atoms with van der Waals surface area (Å²) in [6.45, 7) is 80.6. The van der Waals surface area contributed by atoms with Crippen molar-refractivity contribution in [3.8, 4) is 0 Å². The lowest BCUT2D eigenvalue weighted by atomic mass is 9.75. The molecular weight excluding hydrogens is 1260 g/mol. The zero-order valence-electron chi connectivity index (χ0n) is 68.7. The molecule has 3 atom stereocenters. The Morgan fingerprint density at radius 1 is 0.330 bits per heavy atom. The fraction of sp³-hybridized carbons (Fsp3) is 0.961. The van der Waals surface area contributed by atoms with Gasteiger partial charge in [-0.15, -0.1) is 0 Å². The van der Waals surface area contributed by atoms with Crippen molar-refractivity contribution >= 4 is 37.8 Å². The molecule has 0 aromatic heterocycles. The van der Waals surface area contributed by atoms with Crippen molar-refractivity contribution in [2.24, 2.45) is 56.7 Å². The number of nitrogens with one attached hydrogen (secondary N) is 2. The number of amides is 3. The van der Waals surface area contributed by atoms with Gasteiger partial charge in [0.1, 0.15) is 0 Å². The Bertz CT molecular complexity index is 2320. The van der Waals surface area contributed by atoms with Gasteiger partial charge >= 0.3 is 0 Å². The predicted molar refractivity (Wildman–Crippen MR) is 411 cm³/mol. The van der Waals surface area contributed by atoms with Gasteiger partial charge in [0.25, 0.3) is 0 Å². The van der Waals surface area contributed by atoms with E-state index in [1.807, 2.05) is 14.7 Å². The molecule has 0 spiro atoms. The fourth-order valence-corrected chi connectivity index (χ4v) is 15.7. The molecule has 576 valence electrons. The standard InChI is InChI=1S/2C11H21NO.C10H20N2O.2C10H21NO2S.C9H19N.C8H18N2.C8H17NO/c1-9(13)12-7-5-10(6-8-12)11(2,3)4;1-9(13)12-7-5-6-10(8-12)11(2,3)4;1-9(13)11-5-7-12(8-6-11)10(2,3)4;1-10(2,3)9-5-7-11(8-6-9)14(4,12)13;1-10(2,3)9-6-5-7-11(8-9)14(4,12)13;1-9(2,3)8-5-4-6-10-7-8;1-8(2,3)10-6-4-9-5-7-10;1-8(2,3)9-4-6-10-7-5-9/h2*10H,5-8H2,1-4H3;5-8H2,1-4H3;2*9H,5-8H2,1-4H3;8,10H,4-7H2,1-3H3;9H,4-7H2,1-3H3;4-7H2,1-3H3. The van der Waals surface area contributed by atoms with Crippen LogP contribution < -0.4 is 10.6 Å². The highest BCUT2D eigenvalue weighted by molar-refractivity contribution is 7.88. The second-order valence-electron chi connectivity index (χ2n) is 37.7. The molecular formula is C77H158N10O8S2. The highest BCUT2D eigenvalue weighted by atomic mass is 32.2. The molecule has 8 rings (SSSR count). The molecule has 3 unspecified atom stereocenters. The number of nitrogens with zero attached hydrogens (tertiary/aromatic N) is 8. The second-order valence-corrected chi connectivity index (χ2v) is 41.7. The first-order chi connectivity index (χ1) is 44.0. The lowest BCUT2D eigenvalue weighted by Gasteiger charge is -2.42. The zero-order valence-corrected chi connectivity index (χ0v) is 70.3. The van der Waals surface area contributed by atoms with Gasteiger partial charge in [-0.2, -0.15) is 0 Å². The highest BCUT2D eigenvalue weighted by Gasteiger charge is 2.36. The minimum absolute atomic E-state index is 0.202. The molecule has 8 aliphatic rings. The third-order valence-corrected chi connectivity index (χ3v) is 24.3. The van der Waals surface area contributed by atoms with E-state index in [1.54, 1.807) is 29.4 Å². The lowest BCUT2D eigenvalue weighted by molar-refractivity contribution is -0.132. The van der Waals surface area contributed by atoms with Crippen LogP contribution >= 0.6 is 0 Å². The summed E-state index contributed by atoms with van der Waals surface area (Å²) in [6.07, 6.45) is 14.3. The average molecular weight is 1420 g/mol. The monoisotopic (exact) mass is 1420 g/mol. The van der Waals surface area contributed by atoms with E-state index in [2.05, 4.69) is 192 Å². The van der Waals surface area contributed by atoms with Crippen molar-refractivity contribution in [3.05, 3.63) is 0 Å². The van der Waals surface area contributed by atoms with Gasteiger partial charge in [0.05, 0.1) is 25.7 Å². The van der Waals surface area contributed by atoms with Gasteiger partial charge in [-0.3, -0.25) is 29.1 Å². The van der Waals surface area contributed by atoms with Crippen LogP contribution in [0.3, 0.4) is 0 Å². The fourth-order valence-electron chi connectivity index (χ4n) is 13.9. The number of morpholine rings is 1. The summed E-state index contributed by atoms with van der Waals surface area (Å²) in [5.41, 5.74) is 2.70. The van der Waals surface area contributed by atoms with E-state index in [-0.39, 0.29) is 28.7 Å². The maximum absolute atomic E-state index is 11.4. The van der Waals surface area contributed by atoms with Crippen LogP contribution in [0.2, 0.25) is 0 Å². The molecule has 0 aliphatic carbocycles. The van der Waals surface area contributed by atoms with E-state index in [1.165, 1.54) is 77.2 Å². The molecule has 0 saturated carbocycles. The zero-order chi connectivity index (χ0) is 75.0. The minimum atomic E-state index is -2.99. The van der Waals surface area contributed by atoms with Crippen LogP contribution in [0.4, 0.5) is 0 Å². The maximum atomic E-state index is 11.4. The Morgan fingerprint density at radius 2 is 0.670 bits per heavy atom. The number of carbonyl (C=O) groups is 3. The van der Waals surface area contributed by atoms with Crippen molar-refractivity contribution in [1.29, 1.82) is 0 Å². The summed E-state index contributed by atoms with van der Waals surface area (Å²) in [5.74, 6) is 4.15. The SMILES string of the molecule is CC(=O)N1CCC(C(C)(C)C)CC1.CC(=O)N1CCCC(C(C)(C)C)C1.CC(=O)N1CCN(C(C)(C)C)CC1.CC(C)(C)C1CCCN(S(C)(=O)=O)C1.CC(C)(C)C1CCCNC1.CC(C)(C)C1CCN(S(C)(=O)=O)CC1.CC(C)(C)N1CCNCC1.CC(C)(C)N1CCOCC1. The highest BCUT2D eigenvalue weighted by Crippen LogP contribution is 2.38. The van der Waals surface area contributed by atoms with E-state index >= 15 is 0 Å². The average Bonchev–Trinajstić information content (AvgIpc) is 0.897. The van der Waals surface area contributed by atoms with Gasteiger partial charge in [0, 0.05) is 155 Å². The molecule has 2 N–H and O–H groups in total. The summed E-state index contributed by atoms with van der Waals surface area (Å²) >= 11 is 0. The summed E-state index contributed by atoms with van der Waals surface area (Å²) < 4.78 is 53.8. The Labute approximate surface area is 600 Å². The number of hydrogen-bond acceptors (Lipinski definition) is 13. The predicted octanol–water partition coefficient (Wildman–Crippen LogP) is 12.8. The molecule has 8 saturated heterocycles. The first-order valence-corrected chi connectivity index (χ1v) is 41.6. The third kappa shape index (κ3) is 38.4. The van der Waals surface area contributed by atoms with Crippen molar-refractivity contribution in [2.45, 2.75) is 268 Å². The smallest absolute Gasteiger partial charge is 0.219 e. The molecule has 8 heterocycles. The first kappa shape index (κ1) is 93.0. The van der Waals surface area contributed by atoms with E-state index < -0.39 is 20.0 Å². The number of hydrogen-bond donors (Lipinski definition) is 2. The van der Waals surface area contributed by atoms with Crippen LogP contribution in [0.5, 0.6) is 0 Å². The number of ether oxygens (including phenoxy) is 1. The molecule has 97 heavy (non-hydrogen) atoms. The summed E-state index contributed by atoms with van der Waals surface area (Å²) in [5, 5.41) is 6.79. The number of likely N-dealkylation sites (tertiary alicyclic amines) is 2. The van der Waals surface area contributed by atoms with Crippen molar-refractivity contribution in [3.63, 3.8) is 0 Å². The summed E-state index contributed by atoms with van der Waals surface area (Å²) in [4.78, 5) is 46.6. The minimum Gasteiger partial charge on any atom is -0.379 e. The molecule has 8 aliphatic heterocycles. The van der Waals surface area contributed by atoms with Crippen LogP contribution in [0.1, 0.15) is 251 Å². The van der Waals surface area contributed by atoms with Crippen LogP contribution in [-0.2, 0) is 39.2 Å². The lowest BCUT2D eigenvalue weighted by Crippen LogP contribution is -2.54. The van der Waals surface area contributed by atoms with Crippen molar-refractivity contribution in [1.82, 2.24) is 48.6 Å². The third-order valence-electron chi connectivity index (χ3n) is 21.7. The van der Waals surface area contributed by atoms with Gasteiger partial charge in [-0.1, -0.05) is 104 Å². The normalized spacial score (nSPS) is 23.6. The molecule has 0 bridgehead atoms. The van der Waals surface area contributed by atoms with Crippen LogP contribution in [-0.4, -0.2) is 246 Å². The van der Waals surface area contributed by atoms with Crippen molar-refractivity contribution < 1.29 is 36.0 Å². The first-order valence-electron chi connectivity index (χ1n) is 37.9. The van der Waals surface area contributed by atoms with E-state index in [4.69, 9.17) is 4.74 Å². The van der Waals surface area contributed by atoms with Gasteiger partial charge in [0.2, 0.25) is 37.8 Å². The van der Waals surface area contributed by atoms with E-state index in [0.717, 1.165) is 129 Å². The quantitative estimate of drug-likeness (QED) is 0.267. The summed E-state index contributed by atoms with van der Waals surface area (Å²) in [6, 6.07) is 0. The van der Waals surface area contributed by atoms with Gasteiger partial charge in [-0.05, 0) is 196 Å². The Balaban J connectivity index is 0.000000556. The number of piperazine rings is 2. The molecule has 0 aromatic rings. The largest absolute Gasteiger partial charge is 0.379 e. The number of sulfonamides is 2. The summed E-state index contributed by atoms with van der Waals surface area (Å²) in [7, 11) is -5.95. The van der Waals surface area contributed by atoms with E-state index in [0.29, 0.717) is 76.7 Å². The van der Waals surface area contributed by atoms with Gasteiger partial charge in [-0.25, -0.2) is 25.4 Å². The van der Waals surface area contributed by atoms with Crippen LogP contribution in [0.15, 0.2) is 0 Å². The molecule has 18 nitrogen and oxygen atoms in total. The Morgan fingerprint density at radius 3 is 0.990 bits per heavy atom. The topological polar surface area (TPSA) is 179 Å². The maximum Gasteiger partial charge on any atom is 0.219 e. The number of piperidine rings is 5. The van der Waals surface area contributed by atoms with Crippen LogP contribution in [0, 0.1) is 56.7 Å². The molecule has 20 heteroatoms. The number of rotatable bonds is 2.